The van der Waals surface area contributed by atoms with Gasteiger partial charge in [-0.25, -0.2) is 14.4 Å². The van der Waals surface area contributed by atoms with Gasteiger partial charge in [-0.1, -0.05) is 11.3 Å². The summed E-state index contributed by atoms with van der Waals surface area (Å²) < 4.78 is 19.9. The molecule has 0 saturated carbocycles. The van der Waals surface area contributed by atoms with Gasteiger partial charge in [0.2, 0.25) is 0 Å². The van der Waals surface area contributed by atoms with Crippen LogP contribution in [0.25, 0.3) is 16.2 Å². The van der Waals surface area contributed by atoms with E-state index in [1.54, 1.807) is 24.4 Å². The van der Waals surface area contributed by atoms with E-state index in [1.165, 1.54) is 34.8 Å². The third kappa shape index (κ3) is 4.10. The Morgan fingerprint density at radius 2 is 2.00 bits per heavy atom. The Hall–Kier alpha value is -3.11. The number of nitrogens with one attached hydrogen (secondary N) is 1. The van der Waals surface area contributed by atoms with Gasteiger partial charge in [-0.15, -0.1) is 11.3 Å². The summed E-state index contributed by atoms with van der Waals surface area (Å²) in [4.78, 5) is 34.3. The number of benzene rings is 1. The molecule has 0 unspecified atom stereocenters. The maximum atomic E-state index is 13.1. The Bertz CT molecular complexity index is 1230. The van der Waals surface area contributed by atoms with E-state index in [9.17, 15) is 14.0 Å². The molecule has 0 atom stereocenters. The largest absolute Gasteiger partial charge is 0.466 e. The van der Waals surface area contributed by atoms with Crippen LogP contribution in [0, 0.1) is 12.7 Å². The minimum atomic E-state index is -0.354. The van der Waals surface area contributed by atoms with Crippen molar-refractivity contribution in [3.8, 4) is 11.3 Å². The number of carbonyl (C=O) groups is 2. The third-order valence-corrected chi connectivity index (χ3v) is 6.27. The molecule has 30 heavy (non-hydrogen) atoms. The van der Waals surface area contributed by atoms with E-state index in [4.69, 9.17) is 4.74 Å². The molecule has 4 aromatic rings. The van der Waals surface area contributed by atoms with Crippen LogP contribution in [-0.4, -0.2) is 32.9 Å². The summed E-state index contributed by atoms with van der Waals surface area (Å²) in [5, 5.41) is 4.90. The molecule has 0 radical (unpaired) electrons. The number of halogens is 1. The van der Waals surface area contributed by atoms with Crippen molar-refractivity contribution in [1.29, 1.82) is 0 Å². The van der Waals surface area contributed by atoms with Crippen LogP contribution in [0.4, 0.5) is 9.52 Å². The molecule has 0 aliphatic carbocycles. The number of carbonyl (C=O) groups excluding carboxylic acids is 2. The highest BCUT2D eigenvalue weighted by molar-refractivity contribution is 7.19. The fraction of sp³-hybridized carbons (Fsp3) is 0.200. The van der Waals surface area contributed by atoms with Gasteiger partial charge >= 0.3 is 5.97 Å². The maximum absolute atomic E-state index is 13.1. The number of ether oxygens (including phenoxy) is 1. The average Bonchev–Trinajstić information content (AvgIpc) is 3.39. The minimum absolute atomic E-state index is 0.0677. The van der Waals surface area contributed by atoms with Crippen LogP contribution in [0.15, 0.2) is 35.8 Å². The molecule has 3 aromatic heterocycles. The van der Waals surface area contributed by atoms with Gasteiger partial charge in [0.05, 0.1) is 24.4 Å². The fourth-order valence-electron chi connectivity index (χ4n) is 2.88. The van der Waals surface area contributed by atoms with Crippen molar-refractivity contribution in [1.82, 2.24) is 14.4 Å². The van der Waals surface area contributed by atoms with E-state index < -0.39 is 0 Å². The molecular formula is C20H17FN4O3S2. The lowest BCUT2D eigenvalue weighted by atomic mass is 10.2. The second-order valence-electron chi connectivity index (χ2n) is 6.38. The highest BCUT2D eigenvalue weighted by atomic mass is 32.1. The molecular weight excluding hydrogens is 427 g/mol. The zero-order valence-electron chi connectivity index (χ0n) is 16.1. The minimum Gasteiger partial charge on any atom is -0.466 e. The summed E-state index contributed by atoms with van der Waals surface area (Å²) in [6, 6.07) is 6.11. The van der Waals surface area contributed by atoms with Gasteiger partial charge in [0.25, 0.3) is 5.91 Å². The van der Waals surface area contributed by atoms with Gasteiger partial charge in [-0.05, 0) is 38.1 Å². The van der Waals surface area contributed by atoms with E-state index >= 15 is 0 Å². The molecule has 0 saturated heterocycles. The van der Waals surface area contributed by atoms with E-state index in [1.807, 2.05) is 17.5 Å². The predicted octanol–water partition coefficient (Wildman–Crippen LogP) is 4.32. The molecule has 3 heterocycles. The number of hydrogen-bond donors (Lipinski definition) is 1. The predicted molar refractivity (Wildman–Crippen MR) is 114 cm³/mol. The summed E-state index contributed by atoms with van der Waals surface area (Å²) in [5.41, 5.74) is 2.81. The van der Waals surface area contributed by atoms with E-state index in [0.29, 0.717) is 33.0 Å². The highest BCUT2D eigenvalue weighted by Gasteiger charge is 2.19. The van der Waals surface area contributed by atoms with Crippen molar-refractivity contribution >= 4 is 44.6 Å². The molecule has 1 N–H and O–H groups in total. The summed E-state index contributed by atoms with van der Waals surface area (Å²) in [5.74, 6) is -0.946. The lowest BCUT2D eigenvalue weighted by Crippen LogP contribution is -2.12. The zero-order chi connectivity index (χ0) is 21.3. The second-order valence-corrected chi connectivity index (χ2v) is 8.22. The molecule has 1 aromatic carbocycles. The Kier molecular flexibility index (Phi) is 5.60. The van der Waals surface area contributed by atoms with Gasteiger partial charge in [-0.2, -0.15) is 0 Å². The van der Waals surface area contributed by atoms with Crippen LogP contribution in [0.3, 0.4) is 0 Å². The molecule has 0 aliphatic rings. The molecule has 1 amide bonds. The standard InChI is InChI=1S/C20H17FN4O3S2/c1-3-28-16(26)8-14-10-29-19(22-14)24-18(27)17-11(2)25-9-15(23-20(25)30-17)12-4-6-13(21)7-5-12/h4-7,9-10H,3,8H2,1-2H3,(H,22,24,27). The number of imidazole rings is 1. The molecule has 154 valence electrons. The molecule has 4 rings (SSSR count). The van der Waals surface area contributed by atoms with Gasteiger partial charge in [-0.3, -0.25) is 19.3 Å². The van der Waals surface area contributed by atoms with Crippen molar-refractivity contribution in [2.75, 3.05) is 11.9 Å². The molecule has 7 nitrogen and oxygen atoms in total. The Morgan fingerprint density at radius 1 is 1.23 bits per heavy atom. The van der Waals surface area contributed by atoms with E-state index in [-0.39, 0.29) is 24.1 Å². The monoisotopic (exact) mass is 444 g/mol. The summed E-state index contributed by atoms with van der Waals surface area (Å²) >= 11 is 2.51. The third-order valence-electron chi connectivity index (χ3n) is 4.31. The first kappa shape index (κ1) is 20.2. The number of rotatable bonds is 6. The smallest absolute Gasteiger partial charge is 0.311 e. The topological polar surface area (TPSA) is 85.6 Å². The number of aryl methyl sites for hydroxylation is 1. The summed E-state index contributed by atoms with van der Waals surface area (Å²) in [7, 11) is 0. The lowest BCUT2D eigenvalue weighted by molar-refractivity contribution is -0.142. The number of hydrogen-bond acceptors (Lipinski definition) is 7. The molecule has 0 spiro atoms. The molecule has 0 fully saturated rings. The first-order chi connectivity index (χ1) is 14.4. The van der Waals surface area contributed by atoms with Crippen molar-refractivity contribution < 1.29 is 18.7 Å². The first-order valence-corrected chi connectivity index (χ1v) is 10.8. The maximum Gasteiger partial charge on any atom is 0.311 e. The van der Waals surface area contributed by atoms with Crippen LogP contribution in [0.1, 0.15) is 28.0 Å². The highest BCUT2D eigenvalue weighted by Crippen LogP contribution is 2.28. The number of amides is 1. The quantitative estimate of drug-likeness (QED) is 0.448. The fourth-order valence-corrected chi connectivity index (χ4v) is 4.59. The van der Waals surface area contributed by atoms with Gasteiger partial charge < -0.3 is 4.74 Å². The number of nitrogens with zero attached hydrogens (tertiary/aromatic N) is 3. The van der Waals surface area contributed by atoms with E-state index in [2.05, 4.69) is 15.3 Å². The van der Waals surface area contributed by atoms with Crippen LogP contribution >= 0.6 is 22.7 Å². The zero-order valence-corrected chi connectivity index (χ0v) is 17.8. The van der Waals surface area contributed by atoms with Gasteiger partial charge in [0.15, 0.2) is 10.1 Å². The number of aromatic nitrogens is 3. The summed E-state index contributed by atoms with van der Waals surface area (Å²) in [6.45, 7) is 3.89. The van der Waals surface area contributed by atoms with Crippen LogP contribution in [-0.2, 0) is 16.0 Å². The van der Waals surface area contributed by atoms with Crippen molar-refractivity contribution in [2.45, 2.75) is 20.3 Å². The number of fused-ring (bicyclic) bond motifs is 1. The Balaban J connectivity index is 1.50. The second kappa shape index (κ2) is 8.33. The number of anilines is 1. The average molecular weight is 445 g/mol. The van der Waals surface area contributed by atoms with Crippen LogP contribution in [0.5, 0.6) is 0 Å². The van der Waals surface area contributed by atoms with Crippen molar-refractivity contribution in [3.63, 3.8) is 0 Å². The Labute approximate surface area is 179 Å². The van der Waals surface area contributed by atoms with Crippen molar-refractivity contribution in [2.24, 2.45) is 0 Å². The van der Waals surface area contributed by atoms with Crippen LogP contribution < -0.4 is 5.32 Å². The Morgan fingerprint density at radius 3 is 2.70 bits per heavy atom. The van der Waals surface area contributed by atoms with Crippen LogP contribution in [0.2, 0.25) is 0 Å². The number of esters is 1. The molecule has 0 bridgehead atoms. The SMILES string of the molecule is CCOC(=O)Cc1csc(NC(=O)c2sc3nc(-c4ccc(F)cc4)cn3c2C)n1. The molecule has 0 aliphatic heterocycles. The first-order valence-electron chi connectivity index (χ1n) is 9.10. The normalized spacial score (nSPS) is 11.0. The van der Waals surface area contributed by atoms with Gasteiger partial charge in [0.1, 0.15) is 10.7 Å². The summed E-state index contributed by atoms with van der Waals surface area (Å²) in [6.07, 6.45) is 1.89. The number of thiazole rings is 2. The van der Waals surface area contributed by atoms with Gasteiger partial charge in [0, 0.05) is 22.8 Å². The van der Waals surface area contributed by atoms with E-state index in [0.717, 1.165) is 11.3 Å². The molecule has 10 heteroatoms. The lowest BCUT2D eigenvalue weighted by Gasteiger charge is -2.01. The van der Waals surface area contributed by atoms with Crippen molar-refractivity contribution in [3.05, 3.63) is 57.9 Å².